The molecule has 0 unspecified atom stereocenters. The summed E-state index contributed by atoms with van der Waals surface area (Å²) in [6, 6.07) is 9.78. The average Bonchev–Trinajstić information content (AvgIpc) is 2.68. The van der Waals surface area contributed by atoms with Gasteiger partial charge in [-0.25, -0.2) is 0 Å². The van der Waals surface area contributed by atoms with Crippen LogP contribution in [-0.2, 0) is 13.1 Å². The van der Waals surface area contributed by atoms with Gasteiger partial charge in [0.05, 0.1) is 0 Å². The van der Waals surface area contributed by atoms with Crippen LogP contribution in [0.25, 0.3) is 0 Å². The molecule has 0 aliphatic rings. The molecular formula is C12H13ClN2S. The van der Waals surface area contributed by atoms with Crippen LogP contribution in [0.3, 0.4) is 0 Å². The first-order valence-corrected chi connectivity index (χ1v) is 6.28. The third-order valence-electron chi connectivity index (χ3n) is 2.31. The molecule has 4 heteroatoms. The first-order chi connectivity index (χ1) is 7.75. The van der Waals surface area contributed by atoms with Crippen molar-refractivity contribution in [2.75, 3.05) is 5.73 Å². The van der Waals surface area contributed by atoms with Crippen molar-refractivity contribution < 1.29 is 0 Å². The Morgan fingerprint density at radius 2 is 1.88 bits per heavy atom. The fraction of sp³-hybridized carbons (Fsp3) is 0.167. The van der Waals surface area contributed by atoms with E-state index in [0.717, 1.165) is 23.8 Å². The Balaban J connectivity index is 1.84. The average molecular weight is 253 g/mol. The molecule has 1 aromatic carbocycles. The van der Waals surface area contributed by atoms with E-state index in [0.29, 0.717) is 0 Å². The molecule has 0 spiro atoms. The number of benzene rings is 1. The van der Waals surface area contributed by atoms with Crippen molar-refractivity contribution in [1.29, 1.82) is 0 Å². The van der Waals surface area contributed by atoms with Crippen LogP contribution in [0.5, 0.6) is 0 Å². The number of nitrogens with two attached hydrogens (primary N) is 1. The van der Waals surface area contributed by atoms with E-state index in [9.17, 15) is 0 Å². The molecule has 0 aliphatic heterocycles. The molecule has 2 nitrogen and oxygen atoms in total. The Kier molecular flexibility index (Phi) is 3.83. The fourth-order valence-corrected chi connectivity index (χ4v) is 2.31. The van der Waals surface area contributed by atoms with Gasteiger partial charge in [-0.05, 0) is 29.1 Å². The lowest BCUT2D eigenvalue weighted by molar-refractivity contribution is 0.702. The van der Waals surface area contributed by atoms with Gasteiger partial charge in [-0.3, -0.25) is 0 Å². The van der Waals surface area contributed by atoms with E-state index in [1.54, 1.807) is 11.3 Å². The van der Waals surface area contributed by atoms with Crippen molar-refractivity contribution >= 4 is 28.6 Å². The van der Waals surface area contributed by atoms with E-state index in [2.05, 4.69) is 5.32 Å². The van der Waals surface area contributed by atoms with Gasteiger partial charge in [-0.15, -0.1) is 11.3 Å². The zero-order chi connectivity index (χ0) is 11.4. The number of hydrogen-bond acceptors (Lipinski definition) is 3. The monoisotopic (exact) mass is 252 g/mol. The van der Waals surface area contributed by atoms with Gasteiger partial charge < -0.3 is 11.1 Å². The van der Waals surface area contributed by atoms with Crippen molar-refractivity contribution in [2.24, 2.45) is 0 Å². The summed E-state index contributed by atoms with van der Waals surface area (Å²) in [6.45, 7) is 1.64. The predicted molar refractivity (Wildman–Crippen MR) is 70.7 cm³/mol. The van der Waals surface area contributed by atoms with Gasteiger partial charge in [0.2, 0.25) is 0 Å². The predicted octanol–water partition coefficient (Wildman–Crippen LogP) is 3.27. The third kappa shape index (κ3) is 2.98. The summed E-state index contributed by atoms with van der Waals surface area (Å²) in [6.07, 6.45) is 0. The number of anilines is 1. The summed E-state index contributed by atoms with van der Waals surface area (Å²) in [7, 11) is 0. The summed E-state index contributed by atoms with van der Waals surface area (Å²) in [4.78, 5) is 1.19. The van der Waals surface area contributed by atoms with Gasteiger partial charge in [-0.1, -0.05) is 23.7 Å². The fourth-order valence-electron chi connectivity index (χ4n) is 1.42. The molecule has 0 atom stereocenters. The number of rotatable bonds is 4. The maximum atomic E-state index is 5.81. The van der Waals surface area contributed by atoms with E-state index in [1.165, 1.54) is 10.4 Å². The van der Waals surface area contributed by atoms with Crippen LogP contribution < -0.4 is 11.1 Å². The quantitative estimate of drug-likeness (QED) is 0.877. The van der Waals surface area contributed by atoms with Crippen molar-refractivity contribution in [2.45, 2.75) is 13.1 Å². The molecule has 0 amide bonds. The molecule has 0 saturated carbocycles. The number of halogens is 1. The maximum absolute atomic E-state index is 5.81. The lowest BCUT2D eigenvalue weighted by Gasteiger charge is -2.04. The first-order valence-electron chi connectivity index (χ1n) is 5.03. The highest BCUT2D eigenvalue weighted by Gasteiger charge is 1.99. The summed E-state index contributed by atoms with van der Waals surface area (Å²) in [5.41, 5.74) is 7.88. The minimum absolute atomic E-state index is 0.770. The van der Waals surface area contributed by atoms with Gasteiger partial charge >= 0.3 is 0 Å². The van der Waals surface area contributed by atoms with Gasteiger partial charge in [0.15, 0.2) is 0 Å². The second-order valence-corrected chi connectivity index (χ2v) is 4.97. The van der Waals surface area contributed by atoms with Gasteiger partial charge in [0.25, 0.3) is 0 Å². The van der Waals surface area contributed by atoms with Crippen LogP contribution in [0, 0.1) is 0 Å². The first kappa shape index (κ1) is 11.5. The van der Waals surface area contributed by atoms with E-state index in [-0.39, 0.29) is 0 Å². The van der Waals surface area contributed by atoms with Crippen LogP contribution in [-0.4, -0.2) is 0 Å². The maximum Gasteiger partial charge on any atom is 0.0468 e. The highest BCUT2D eigenvalue weighted by Crippen LogP contribution is 2.18. The van der Waals surface area contributed by atoms with Crippen LogP contribution >= 0.6 is 22.9 Å². The molecule has 0 saturated heterocycles. The van der Waals surface area contributed by atoms with E-state index in [4.69, 9.17) is 17.3 Å². The summed E-state index contributed by atoms with van der Waals surface area (Å²) in [5.74, 6) is 0. The SMILES string of the molecule is Nc1ccsc1CNCc1ccc(Cl)cc1. The molecule has 0 bridgehead atoms. The second kappa shape index (κ2) is 5.34. The van der Waals surface area contributed by atoms with E-state index >= 15 is 0 Å². The normalized spacial score (nSPS) is 10.6. The van der Waals surface area contributed by atoms with Crippen molar-refractivity contribution in [1.82, 2.24) is 5.32 Å². The van der Waals surface area contributed by atoms with Crippen LogP contribution in [0.2, 0.25) is 5.02 Å². The molecule has 84 valence electrons. The van der Waals surface area contributed by atoms with Crippen LogP contribution in [0.15, 0.2) is 35.7 Å². The van der Waals surface area contributed by atoms with Gasteiger partial charge in [0.1, 0.15) is 0 Å². The molecule has 0 radical (unpaired) electrons. The Labute approximate surface area is 104 Å². The highest BCUT2D eigenvalue weighted by atomic mass is 35.5. The number of thiophene rings is 1. The molecule has 1 aromatic heterocycles. The highest BCUT2D eigenvalue weighted by molar-refractivity contribution is 7.10. The van der Waals surface area contributed by atoms with Crippen molar-refractivity contribution in [3.05, 3.63) is 51.2 Å². The summed E-state index contributed by atoms with van der Waals surface area (Å²) >= 11 is 7.49. The Morgan fingerprint density at radius 1 is 1.12 bits per heavy atom. The molecule has 0 aliphatic carbocycles. The molecule has 0 fully saturated rings. The van der Waals surface area contributed by atoms with Gasteiger partial charge in [-0.2, -0.15) is 0 Å². The minimum atomic E-state index is 0.770. The number of nitrogens with one attached hydrogen (secondary N) is 1. The molecule has 2 aromatic rings. The molecule has 1 heterocycles. The Bertz CT molecular complexity index is 450. The number of nitrogen functional groups attached to an aromatic ring is 1. The molecule has 2 rings (SSSR count). The van der Waals surface area contributed by atoms with Crippen molar-refractivity contribution in [3.8, 4) is 0 Å². The third-order valence-corrected chi connectivity index (χ3v) is 3.50. The van der Waals surface area contributed by atoms with E-state index in [1.807, 2.05) is 35.7 Å². The lowest BCUT2D eigenvalue weighted by Crippen LogP contribution is -2.12. The largest absolute Gasteiger partial charge is 0.398 e. The molecule has 3 N–H and O–H groups in total. The van der Waals surface area contributed by atoms with Crippen molar-refractivity contribution in [3.63, 3.8) is 0 Å². The summed E-state index contributed by atoms with van der Waals surface area (Å²) < 4.78 is 0. The standard InChI is InChI=1S/C12H13ClN2S/c13-10-3-1-9(2-4-10)7-15-8-12-11(14)5-6-16-12/h1-6,15H,7-8,14H2. The molecule has 16 heavy (non-hydrogen) atoms. The zero-order valence-electron chi connectivity index (χ0n) is 8.74. The van der Waals surface area contributed by atoms with Crippen LogP contribution in [0.4, 0.5) is 5.69 Å². The van der Waals surface area contributed by atoms with Crippen LogP contribution in [0.1, 0.15) is 10.4 Å². The van der Waals surface area contributed by atoms with E-state index < -0.39 is 0 Å². The second-order valence-electron chi connectivity index (χ2n) is 3.53. The number of hydrogen-bond donors (Lipinski definition) is 2. The van der Waals surface area contributed by atoms with Gasteiger partial charge in [0, 0.05) is 28.7 Å². The molecular weight excluding hydrogens is 240 g/mol. The summed E-state index contributed by atoms with van der Waals surface area (Å²) in [5, 5.41) is 6.13. The zero-order valence-corrected chi connectivity index (χ0v) is 10.3. The lowest BCUT2D eigenvalue weighted by atomic mass is 10.2. The Morgan fingerprint density at radius 3 is 2.50 bits per heavy atom. The minimum Gasteiger partial charge on any atom is -0.398 e. The topological polar surface area (TPSA) is 38.0 Å². The Hall–Kier alpha value is -1.03. The smallest absolute Gasteiger partial charge is 0.0468 e.